The number of benzene rings is 1. The first kappa shape index (κ1) is 22.5. The van der Waals surface area contributed by atoms with E-state index in [2.05, 4.69) is 54.2 Å². The van der Waals surface area contributed by atoms with Gasteiger partial charge in [-0.25, -0.2) is 4.98 Å². The minimum Gasteiger partial charge on any atom is -0.352 e. The number of amides is 1. The van der Waals surface area contributed by atoms with Gasteiger partial charge in [-0.2, -0.15) is 0 Å². The monoisotopic (exact) mass is 447 g/mol. The van der Waals surface area contributed by atoms with Crippen molar-refractivity contribution in [3.63, 3.8) is 0 Å². The molecule has 5 heteroatoms. The normalized spacial score (nSPS) is 13.9. The lowest BCUT2D eigenvalue weighted by Gasteiger charge is -2.16. The maximum absolute atomic E-state index is 12.9. The molecule has 0 saturated heterocycles. The van der Waals surface area contributed by atoms with E-state index in [1.54, 1.807) is 16.9 Å². The predicted molar refractivity (Wildman–Crippen MR) is 134 cm³/mol. The van der Waals surface area contributed by atoms with Crippen LogP contribution >= 0.6 is 11.3 Å². The summed E-state index contributed by atoms with van der Waals surface area (Å²) in [5, 5.41) is 6.21. The van der Waals surface area contributed by atoms with Crippen LogP contribution in [0.5, 0.6) is 0 Å². The average molecular weight is 448 g/mol. The van der Waals surface area contributed by atoms with Crippen LogP contribution in [0.2, 0.25) is 0 Å². The van der Waals surface area contributed by atoms with Crippen molar-refractivity contribution in [3.05, 3.63) is 64.7 Å². The molecule has 1 aliphatic carbocycles. The van der Waals surface area contributed by atoms with Crippen LogP contribution in [-0.4, -0.2) is 22.0 Å². The van der Waals surface area contributed by atoms with Gasteiger partial charge in [-0.3, -0.25) is 4.79 Å². The highest BCUT2D eigenvalue weighted by molar-refractivity contribution is 7.13. The van der Waals surface area contributed by atoms with Gasteiger partial charge in [0.05, 0.1) is 17.0 Å². The Morgan fingerprint density at radius 2 is 2.03 bits per heavy atom. The summed E-state index contributed by atoms with van der Waals surface area (Å²) in [5.74, 6) is 0.428. The van der Waals surface area contributed by atoms with Crippen molar-refractivity contribution >= 4 is 17.2 Å². The molecule has 1 amide bonds. The van der Waals surface area contributed by atoms with Crippen molar-refractivity contribution in [1.29, 1.82) is 0 Å². The first-order chi connectivity index (χ1) is 15.5. The first-order valence-corrected chi connectivity index (χ1v) is 12.6. The highest BCUT2D eigenvalue weighted by Gasteiger charge is 2.21. The van der Waals surface area contributed by atoms with Gasteiger partial charge in [0.2, 0.25) is 0 Å². The second kappa shape index (κ2) is 10.3. The molecule has 2 heterocycles. The van der Waals surface area contributed by atoms with E-state index in [1.807, 2.05) is 24.3 Å². The molecule has 0 unspecified atom stereocenters. The van der Waals surface area contributed by atoms with Crippen LogP contribution in [0.15, 0.2) is 53.4 Å². The van der Waals surface area contributed by atoms with E-state index in [1.165, 1.54) is 25.7 Å². The van der Waals surface area contributed by atoms with Crippen LogP contribution in [0.1, 0.15) is 62.0 Å². The molecule has 3 aromatic rings. The highest BCUT2D eigenvalue weighted by Crippen LogP contribution is 2.32. The summed E-state index contributed by atoms with van der Waals surface area (Å²) in [4.78, 5) is 17.9. The average Bonchev–Trinajstić information content (AvgIpc) is 3.42. The third-order valence-corrected chi connectivity index (χ3v) is 7.00. The van der Waals surface area contributed by atoms with Crippen molar-refractivity contribution in [2.45, 2.75) is 59.4 Å². The molecule has 32 heavy (non-hydrogen) atoms. The van der Waals surface area contributed by atoms with Crippen LogP contribution in [0, 0.1) is 12.8 Å². The van der Waals surface area contributed by atoms with Gasteiger partial charge in [0.25, 0.3) is 5.91 Å². The highest BCUT2D eigenvalue weighted by atomic mass is 32.1. The van der Waals surface area contributed by atoms with Crippen LogP contribution < -0.4 is 5.32 Å². The molecule has 1 aromatic carbocycles. The fourth-order valence-electron chi connectivity index (χ4n) is 4.26. The summed E-state index contributed by atoms with van der Waals surface area (Å²) in [6.07, 6.45) is 8.44. The summed E-state index contributed by atoms with van der Waals surface area (Å²) in [7, 11) is 0. The topological polar surface area (TPSA) is 46.9 Å². The van der Waals surface area contributed by atoms with E-state index >= 15 is 0 Å². The van der Waals surface area contributed by atoms with Crippen molar-refractivity contribution in [2.24, 2.45) is 5.92 Å². The molecule has 0 aliphatic heterocycles. The first-order valence-electron chi connectivity index (χ1n) is 11.7. The molecule has 4 rings (SSSR count). The second-order valence-corrected chi connectivity index (χ2v) is 9.90. The van der Waals surface area contributed by atoms with Crippen LogP contribution in [0.4, 0.5) is 0 Å². The number of nitrogens with one attached hydrogen (secondary N) is 1. The van der Waals surface area contributed by atoms with E-state index in [4.69, 9.17) is 4.98 Å². The lowest BCUT2D eigenvalue weighted by atomic mass is 9.97. The molecule has 0 bridgehead atoms. The van der Waals surface area contributed by atoms with Gasteiger partial charge in [-0.1, -0.05) is 55.8 Å². The molecule has 1 N–H and O–H groups in total. The van der Waals surface area contributed by atoms with Crippen LogP contribution in [0.25, 0.3) is 22.0 Å². The van der Waals surface area contributed by atoms with Crippen molar-refractivity contribution < 1.29 is 4.79 Å². The molecule has 0 radical (unpaired) electrons. The van der Waals surface area contributed by atoms with Gasteiger partial charge in [0, 0.05) is 29.7 Å². The number of hydrogen-bond acceptors (Lipinski definition) is 3. The van der Waals surface area contributed by atoms with Gasteiger partial charge >= 0.3 is 0 Å². The van der Waals surface area contributed by atoms with Gasteiger partial charge < -0.3 is 9.88 Å². The second-order valence-electron chi connectivity index (χ2n) is 9.05. The van der Waals surface area contributed by atoms with E-state index in [9.17, 15) is 4.79 Å². The van der Waals surface area contributed by atoms with E-state index in [0.29, 0.717) is 12.5 Å². The van der Waals surface area contributed by atoms with Gasteiger partial charge in [-0.05, 0) is 51.0 Å². The number of thiazole rings is 1. The Balaban J connectivity index is 1.66. The van der Waals surface area contributed by atoms with E-state index < -0.39 is 0 Å². The Labute approximate surface area is 195 Å². The predicted octanol–water partition coefficient (Wildman–Crippen LogP) is 6.86. The Morgan fingerprint density at radius 3 is 2.75 bits per heavy atom. The lowest BCUT2D eigenvalue weighted by Crippen LogP contribution is -2.27. The minimum atomic E-state index is 0.00611. The number of carbonyl (C=O) groups excluding carboxylic acids is 1. The van der Waals surface area contributed by atoms with Crippen LogP contribution in [0.3, 0.4) is 0 Å². The fraction of sp³-hybridized carbons (Fsp3) is 0.407. The number of hydrogen-bond donors (Lipinski definition) is 1. The maximum atomic E-state index is 12.9. The van der Waals surface area contributed by atoms with Crippen LogP contribution in [-0.2, 0) is 6.54 Å². The molecule has 1 aliphatic rings. The third-order valence-electron chi connectivity index (χ3n) is 6.11. The summed E-state index contributed by atoms with van der Waals surface area (Å²) in [6.45, 7) is 7.85. The summed E-state index contributed by atoms with van der Waals surface area (Å²) in [6, 6.07) is 12.3. The Kier molecular flexibility index (Phi) is 7.26. The van der Waals surface area contributed by atoms with E-state index in [-0.39, 0.29) is 5.91 Å². The standard InChI is InChI=1S/C27H33N3OS/c1-19(2)17-28-26(31)23-16-25(24-18-32-27(29-24)22-12-8-5-9-13-22)30(20(23)3)15-14-21-10-6-4-7-11-21/h5,8-10,12-13,16,18-19H,4,6-7,11,14-15,17H2,1-3H3,(H,28,31). The molecule has 2 aromatic heterocycles. The SMILES string of the molecule is Cc1c(C(=O)NCC(C)C)cc(-c2csc(-c3ccccc3)n2)n1CCC1=CCCCC1. The molecular weight excluding hydrogens is 414 g/mol. The smallest absolute Gasteiger partial charge is 0.253 e. The molecule has 0 spiro atoms. The lowest BCUT2D eigenvalue weighted by molar-refractivity contribution is 0.0948. The molecule has 0 fully saturated rings. The fourth-order valence-corrected chi connectivity index (χ4v) is 5.08. The Morgan fingerprint density at radius 1 is 1.22 bits per heavy atom. The van der Waals surface area contributed by atoms with Crippen molar-refractivity contribution in [1.82, 2.24) is 14.9 Å². The van der Waals surface area contributed by atoms with Crippen molar-refractivity contribution in [2.75, 3.05) is 6.54 Å². The number of rotatable bonds is 8. The molecule has 168 valence electrons. The Bertz CT molecular complexity index is 1090. The van der Waals surface area contributed by atoms with Gasteiger partial charge in [-0.15, -0.1) is 11.3 Å². The Hall–Kier alpha value is -2.66. The zero-order chi connectivity index (χ0) is 22.5. The summed E-state index contributed by atoms with van der Waals surface area (Å²) in [5.41, 5.74) is 6.43. The molecule has 4 nitrogen and oxygen atoms in total. The third kappa shape index (κ3) is 5.21. The molecule has 0 saturated carbocycles. The van der Waals surface area contributed by atoms with Crippen molar-refractivity contribution in [3.8, 4) is 22.0 Å². The maximum Gasteiger partial charge on any atom is 0.253 e. The largest absolute Gasteiger partial charge is 0.352 e. The van der Waals surface area contributed by atoms with Gasteiger partial charge in [0.15, 0.2) is 0 Å². The zero-order valence-corrected chi connectivity index (χ0v) is 20.2. The van der Waals surface area contributed by atoms with Gasteiger partial charge in [0.1, 0.15) is 5.01 Å². The minimum absolute atomic E-state index is 0.00611. The number of aromatic nitrogens is 2. The zero-order valence-electron chi connectivity index (χ0n) is 19.4. The summed E-state index contributed by atoms with van der Waals surface area (Å²) < 4.78 is 2.30. The number of carbonyl (C=O) groups is 1. The quantitative estimate of drug-likeness (QED) is 0.383. The molecular formula is C27H33N3OS. The van der Waals surface area contributed by atoms with E-state index in [0.717, 1.165) is 46.2 Å². The number of nitrogens with zero attached hydrogens (tertiary/aromatic N) is 2. The summed E-state index contributed by atoms with van der Waals surface area (Å²) >= 11 is 1.65. The number of allylic oxidation sites excluding steroid dienone is 2. The molecule has 0 atom stereocenters.